The van der Waals surface area contributed by atoms with Gasteiger partial charge in [-0.1, -0.05) is 237 Å². The van der Waals surface area contributed by atoms with E-state index in [0.717, 1.165) is 51.9 Å². The second kappa shape index (κ2) is 52.2. The number of aliphatic hydroxyl groups is 11. The van der Waals surface area contributed by atoms with Crippen LogP contribution in [0.4, 0.5) is 0 Å². The third kappa shape index (κ3) is 34.0. The smallest absolute Gasteiger partial charge is 0.364 e. The Hall–Kier alpha value is -2.79. The van der Waals surface area contributed by atoms with Gasteiger partial charge in [-0.2, -0.15) is 0 Å². The summed E-state index contributed by atoms with van der Waals surface area (Å²) in [6.07, 6.45) is 25.1. The highest BCUT2D eigenvalue weighted by Crippen LogP contribution is 2.39. The van der Waals surface area contributed by atoms with Gasteiger partial charge in [-0.3, -0.25) is 9.59 Å². The number of aliphatic hydroxyl groups excluding tert-OH is 11. The summed E-state index contributed by atoms with van der Waals surface area (Å²) in [6.45, 7) is 2.15. The summed E-state index contributed by atoms with van der Waals surface area (Å²) in [5.41, 5.74) is 0. The van der Waals surface area contributed by atoms with E-state index in [4.69, 9.17) is 28.4 Å². The molecule has 3 heterocycles. The van der Waals surface area contributed by atoms with Gasteiger partial charge in [0.1, 0.15) is 67.1 Å². The molecular weight excluding hydrogens is 1230 g/mol. The molecule has 3 aliphatic rings. The van der Waals surface area contributed by atoms with Gasteiger partial charge in [-0.25, -0.2) is 4.79 Å². The average molecular weight is 1360 g/mol. The summed E-state index contributed by atoms with van der Waals surface area (Å²) in [4.78, 5) is 38.6. The van der Waals surface area contributed by atoms with Crippen LogP contribution in [0.1, 0.15) is 278 Å². The van der Waals surface area contributed by atoms with Crippen LogP contribution in [-0.2, 0) is 42.8 Å². The molecule has 3 fully saturated rings. The molecule has 23 heteroatoms. The zero-order valence-electron chi connectivity index (χ0n) is 58.3. The first kappa shape index (κ1) is 86.4. The molecule has 18 unspecified atom stereocenters. The Bertz CT molecular complexity index is 2010. The van der Waals surface area contributed by atoms with E-state index in [-0.39, 0.29) is 12.3 Å². The second-order valence-electron chi connectivity index (χ2n) is 27.2. The lowest BCUT2D eigenvalue weighted by Crippen LogP contribution is -2.70. The third-order valence-electron chi connectivity index (χ3n) is 18.9. The fourth-order valence-corrected chi connectivity index (χ4v) is 12.9. The fraction of sp³-hybridized carbons (Fsp3) is 0.903. The van der Waals surface area contributed by atoms with Crippen LogP contribution < -0.4 is 10.6 Å². The number of amides is 2. The first-order chi connectivity index (χ1) is 45.9. The minimum absolute atomic E-state index is 0.201. The highest BCUT2D eigenvalue weighted by molar-refractivity contribution is 5.77. The molecular formula is C72H132N2O21. The van der Waals surface area contributed by atoms with Gasteiger partial charge >= 0.3 is 5.97 Å². The zero-order valence-corrected chi connectivity index (χ0v) is 58.3. The largest absolute Gasteiger partial charge is 0.477 e. The van der Waals surface area contributed by atoms with Gasteiger partial charge in [0.15, 0.2) is 12.6 Å². The monoisotopic (exact) mass is 1360 g/mol. The molecule has 14 N–H and O–H groups in total. The Morgan fingerprint density at radius 1 is 0.547 bits per heavy atom. The number of carbonyl (C=O) groups excluding carboxylic acids is 2. The fourth-order valence-electron chi connectivity index (χ4n) is 12.9. The molecule has 2 amide bonds. The number of allylic oxidation sites excluding steroid dienone is 3. The Morgan fingerprint density at radius 2 is 0.989 bits per heavy atom. The molecule has 0 radical (unpaired) electrons. The molecule has 3 saturated heterocycles. The maximum absolute atomic E-state index is 13.5. The minimum Gasteiger partial charge on any atom is -0.477 e. The van der Waals surface area contributed by atoms with Gasteiger partial charge in [0.2, 0.25) is 11.8 Å². The van der Waals surface area contributed by atoms with Crippen molar-refractivity contribution in [1.29, 1.82) is 0 Å². The lowest BCUT2D eigenvalue weighted by Gasteiger charge is -2.50. The van der Waals surface area contributed by atoms with Gasteiger partial charge < -0.3 is 100 Å². The number of rotatable bonds is 57. The van der Waals surface area contributed by atoms with Crippen LogP contribution in [0.25, 0.3) is 0 Å². The molecule has 18 atom stereocenters. The number of nitrogens with one attached hydrogen (secondary N) is 2. The molecule has 0 bridgehead atoms. The minimum atomic E-state index is -3.08. The van der Waals surface area contributed by atoms with Gasteiger partial charge in [0, 0.05) is 19.8 Å². The van der Waals surface area contributed by atoms with Crippen molar-refractivity contribution in [3.05, 3.63) is 24.3 Å². The van der Waals surface area contributed by atoms with Crippen LogP contribution in [0.15, 0.2) is 24.3 Å². The summed E-state index contributed by atoms with van der Waals surface area (Å²) in [5.74, 6) is -6.14. The highest BCUT2D eigenvalue weighted by Gasteiger charge is 2.60. The second-order valence-corrected chi connectivity index (χ2v) is 27.2. The zero-order chi connectivity index (χ0) is 69.6. The van der Waals surface area contributed by atoms with Crippen molar-refractivity contribution >= 4 is 17.8 Å². The summed E-state index contributed by atoms with van der Waals surface area (Å²) >= 11 is 0. The number of carboxylic acids is 1. The Balaban J connectivity index is 1.53. The molecule has 0 aromatic rings. The maximum atomic E-state index is 13.5. The number of carbonyl (C=O) groups is 3. The molecule has 556 valence electrons. The highest BCUT2D eigenvalue weighted by atomic mass is 16.8. The van der Waals surface area contributed by atoms with Gasteiger partial charge in [0.25, 0.3) is 5.79 Å². The summed E-state index contributed by atoms with van der Waals surface area (Å²) in [5, 5.41) is 136. The molecule has 0 aromatic heterocycles. The topological polar surface area (TPSA) is 373 Å². The van der Waals surface area contributed by atoms with E-state index in [1.165, 1.54) is 186 Å². The van der Waals surface area contributed by atoms with Crippen LogP contribution >= 0.6 is 0 Å². The third-order valence-corrected chi connectivity index (χ3v) is 18.9. The van der Waals surface area contributed by atoms with E-state index in [0.29, 0.717) is 12.8 Å². The van der Waals surface area contributed by atoms with E-state index in [1.54, 1.807) is 6.08 Å². The standard InChI is InChI=1S/C72H132N2O21/c1-4-6-8-10-12-14-16-18-20-21-22-23-24-25-26-27-28-29-30-31-32-34-36-38-40-42-44-46-59(82)74-53(54(79)45-43-41-39-37-35-33-19-17-15-13-11-9-7-5-2)51-90-69-64(86)63(85)66(58(50-77)92-69)93-70-65(87)68(62(84)57(49-76)91-70)95-72(71(88)89)47-55(80)60(73-52(3)78)67(94-72)61(83)56(81)48-75/h25-26,43,45,53-58,60-70,75-77,79-81,83-87H,4-24,27-42,44,46-51H2,1-3H3,(H,73,78)(H,74,82)(H,88,89)/b26-25-,45-43+. The normalized spacial score (nSPS) is 27.8. The molecule has 95 heavy (non-hydrogen) atoms. The molecule has 0 saturated carbocycles. The van der Waals surface area contributed by atoms with E-state index >= 15 is 0 Å². The van der Waals surface area contributed by atoms with E-state index < -0.39 is 155 Å². The van der Waals surface area contributed by atoms with Crippen molar-refractivity contribution < 1.29 is 104 Å². The summed E-state index contributed by atoms with van der Waals surface area (Å²) in [6, 6.07) is -2.62. The first-order valence-electron chi connectivity index (χ1n) is 37.2. The van der Waals surface area contributed by atoms with E-state index in [9.17, 15) is 75.7 Å². The van der Waals surface area contributed by atoms with Crippen molar-refractivity contribution in [3.63, 3.8) is 0 Å². The molecule has 0 spiro atoms. The molecule has 0 aromatic carbocycles. The van der Waals surface area contributed by atoms with Crippen molar-refractivity contribution in [2.75, 3.05) is 26.4 Å². The number of hydrogen-bond donors (Lipinski definition) is 14. The molecule has 0 aliphatic carbocycles. The predicted octanol–water partition coefficient (Wildman–Crippen LogP) is 8.01. The summed E-state index contributed by atoms with van der Waals surface area (Å²) < 4.78 is 34.8. The van der Waals surface area contributed by atoms with E-state index in [1.807, 2.05) is 6.08 Å². The van der Waals surface area contributed by atoms with Crippen molar-refractivity contribution in [3.8, 4) is 0 Å². The molecule has 23 nitrogen and oxygen atoms in total. The Labute approximate surface area is 568 Å². The van der Waals surface area contributed by atoms with E-state index in [2.05, 4.69) is 36.6 Å². The van der Waals surface area contributed by atoms with Crippen LogP contribution in [0, 0.1) is 0 Å². The van der Waals surface area contributed by atoms with Gasteiger partial charge in [0.05, 0.1) is 50.7 Å². The lowest BCUT2D eigenvalue weighted by molar-refractivity contribution is -0.386. The lowest BCUT2D eigenvalue weighted by atomic mass is 9.88. The predicted molar refractivity (Wildman–Crippen MR) is 361 cm³/mol. The van der Waals surface area contributed by atoms with Crippen LogP contribution in [-0.4, -0.2) is 215 Å². The SMILES string of the molecule is CCCCCCCCCCCCCC/C=C\CCCCCCCCCCCCCC(=O)NC(COC1OC(CO)C(OC2OC(CO)C(O)C(OC3(C(=O)O)CC(O)C(NC(C)=O)C(C(O)C(O)CO)O3)C2O)C(O)C1O)C(O)/C=C/CCCCCCCCCCCCCC. The van der Waals surface area contributed by atoms with Crippen LogP contribution in [0.2, 0.25) is 0 Å². The summed E-state index contributed by atoms with van der Waals surface area (Å²) in [7, 11) is 0. The quantitative estimate of drug-likeness (QED) is 0.0202. The average Bonchev–Trinajstić information content (AvgIpc) is 0.760. The van der Waals surface area contributed by atoms with Crippen molar-refractivity contribution in [2.24, 2.45) is 0 Å². The molecule has 3 rings (SSSR count). The first-order valence-corrected chi connectivity index (χ1v) is 37.2. The maximum Gasteiger partial charge on any atom is 0.364 e. The number of unbranched alkanes of at least 4 members (excludes halogenated alkanes) is 35. The number of hydrogen-bond acceptors (Lipinski definition) is 20. The van der Waals surface area contributed by atoms with Crippen LogP contribution in [0.5, 0.6) is 0 Å². The number of aliphatic carboxylic acids is 1. The van der Waals surface area contributed by atoms with Gasteiger partial charge in [-0.15, -0.1) is 0 Å². The van der Waals surface area contributed by atoms with Crippen molar-refractivity contribution in [2.45, 2.75) is 387 Å². The Morgan fingerprint density at radius 3 is 1.43 bits per heavy atom. The Kier molecular flexibility index (Phi) is 47.5. The van der Waals surface area contributed by atoms with Gasteiger partial charge in [-0.05, 0) is 44.9 Å². The number of carboxylic acid groups (broad SMARTS) is 1. The van der Waals surface area contributed by atoms with Crippen molar-refractivity contribution in [1.82, 2.24) is 10.6 Å². The molecule has 3 aliphatic heterocycles. The van der Waals surface area contributed by atoms with Crippen LogP contribution in [0.3, 0.4) is 0 Å². The number of ether oxygens (including phenoxy) is 6.